The summed E-state index contributed by atoms with van der Waals surface area (Å²) in [7, 11) is 1.58. The Bertz CT molecular complexity index is 651. The van der Waals surface area contributed by atoms with E-state index in [-0.39, 0.29) is 5.91 Å². The van der Waals surface area contributed by atoms with E-state index in [9.17, 15) is 4.79 Å². The third-order valence-corrected chi connectivity index (χ3v) is 3.05. The summed E-state index contributed by atoms with van der Waals surface area (Å²) in [5.74, 6) is 1.13. The maximum atomic E-state index is 11.5. The highest BCUT2D eigenvalue weighted by molar-refractivity contribution is 5.95. The van der Waals surface area contributed by atoms with Gasteiger partial charge in [0, 0.05) is 12.6 Å². The lowest BCUT2D eigenvalue weighted by atomic mass is 10.1. The van der Waals surface area contributed by atoms with E-state index in [1.807, 2.05) is 32.0 Å². The minimum atomic E-state index is -0.172. The van der Waals surface area contributed by atoms with Crippen LogP contribution in [0.4, 0.5) is 5.69 Å². The number of rotatable bonds is 3. The Morgan fingerprint density at radius 1 is 1.10 bits per heavy atom. The van der Waals surface area contributed by atoms with Crippen LogP contribution in [-0.2, 0) is 0 Å². The summed E-state index contributed by atoms with van der Waals surface area (Å²) >= 11 is 0. The van der Waals surface area contributed by atoms with Crippen molar-refractivity contribution in [3.63, 3.8) is 0 Å². The van der Waals surface area contributed by atoms with E-state index in [1.165, 1.54) is 5.56 Å². The zero-order chi connectivity index (χ0) is 14.7. The molecule has 0 aliphatic carbocycles. The molecule has 2 aromatic carbocycles. The van der Waals surface area contributed by atoms with Crippen molar-refractivity contribution in [1.82, 2.24) is 5.32 Å². The van der Waals surface area contributed by atoms with E-state index in [0.29, 0.717) is 17.0 Å². The van der Waals surface area contributed by atoms with Gasteiger partial charge in [-0.05, 0) is 43.7 Å². The zero-order valence-corrected chi connectivity index (χ0v) is 11.9. The monoisotopic (exact) mass is 270 g/mol. The van der Waals surface area contributed by atoms with Crippen LogP contribution in [-0.4, -0.2) is 13.0 Å². The van der Waals surface area contributed by atoms with Gasteiger partial charge < -0.3 is 15.8 Å². The number of nitrogen functional groups attached to an aromatic ring is 1. The molecule has 0 bridgehead atoms. The van der Waals surface area contributed by atoms with Gasteiger partial charge in [0.05, 0.1) is 5.69 Å². The molecule has 0 spiro atoms. The highest BCUT2D eigenvalue weighted by atomic mass is 16.5. The first-order valence-electron chi connectivity index (χ1n) is 6.38. The van der Waals surface area contributed by atoms with Gasteiger partial charge in [0.15, 0.2) is 0 Å². The zero-order valence-electron chi connectivity index (χ0n) is 11.9. The van der Waals surface area contributed by atoms with Gasteiger partial charge >= 0.3 is 0 Å². The number of nitrogens with one attached hydrogen (secondary N) is 1. The maximum absolute atomic E-state index is 11.5. The summed E-state index contributed by atoms with van der Waals surface area (Å²) in [6.07, 6.45) is 0. The second-order valence-corrected chi connectivity index (χ2v) is 4.70. The molecule has 104 valence electrons. The molecule has 0 atom stereocenters. The normalized spacial score (nSPS) is 10.2. The number of hydrogen-bond donors (Lipinski definition) is 2. The predicted molar refractivity (Wildman–Crippen MR) is 80.2 cm³/mol. The molecule has 0 aliphatic rings. The van der Waals surface area contributed by atoms with Crippen LogP contribution in [0.3, 0.4) is 0 Å². The lowest BCUT2D eigenvalue weighted by Gasteiger charge is -2.12. The van der Waals surface area contributed by atoms with E-state index in [2.05, 4.69) is 5.32 Å². The van der Waals surface area contributed by atoms with Crippen molar-refractivity contribution in [3.05, 3.63) is 53.1 Å². The number of carbonyl (C=O) groups excluding carboxylic acids is 1. The fourth-order valence-electron chi connectivity index (χ4n) is 1.96. The molecule has 4 nitrogen and oxygen atoms in total. The lowest BCUT2D eigenvalue weighted by molar-refractivity contribution is 0.0963. The second-order valence-electron chi connectivity index (χ2n) is 4.70. The lowest BCUT2D eigenvalue weighted by Crippen LogP contribution is -2.17. The smallest absolute Gasteiger partial charge is 0.251 e. The van der Waals surface area contributed by atoms with Gasteiger partial charge in [-0.2, -0.15) is 0 Å². The van der Waals surface area contributed by atoms with Gasteiger partial charge in [-0.3, -0.25) is 4.79 Å². The number of nitrogens with two attached hydrogens (primary N) is 1. The first-order chi connectivity index (χ1) is 9.51. The first-order valence-corrected chi connectivity index (χ1v) is 6.38. The summed E-state index contributed by atoms with van der Waals surface area (Å²) < 4.78 is 5.81. The average Bonchev–Trinajstić information content (AvgIpc) is 2.42. The van der Waals surface area contributed by atoms with Crippen molar-refractivity contribution in [3.8, 4) is 11.5 Å². The van der Waals surface area contributed by atoms with Crippen LogP contribution >= 0.6 is 0 Å². The Balaban J connectivity index is 2.28. The third-order valence-electron chi connectivity index (χ3n) is 3.05. The highest BCUT2D eigenvalue weighted by Gasteiger charge is 2.09. The molecule has 20 heavy (non-hydrogen) atoms. The van der Waals surface area contributed by atoms with E-state index < -0.39 is 0 Å². The summed E-state index contributed by atoms with van der Waals surface area (Å²) in [6, 6.07) is 10.9. The molecular formula is C16H18N2O2. The fourth-order valence-corrected chi connectivity index (χ4v) is 1.96. The standard InChI is InChI=1S/C16H18N2O2/c1-10-4-6-14(11(2)8-10)20-15-7-5-12(9-13(15)17)16(19)18-3/h4-9H,17H2,1-3H3,(H,18,19). The number of carbonyl (C=O) groups is 1. The molecule has 0 fully saturated rings. The number of anilines is 1. The molecule has 0 saturated heterocycles. The van der Waals surface area contributed by atoms with Crippen molar-refractivity contribution in [2.75, 3.05) is 12.8 Å². The molecule has 2 aromatic rings. The van der Waals surface area contributed by atoms with Crippen molar-refractivity contribution >= 4 is 11.6 Å². The van der Waals surface area contributed by atoms with Crippen LogP contribution in [0.1, 0.15) is 21.5 Å². The van der Waals surface area contributed by atoms with Gasteiger partial charge in [-0.15, -0.1) is 0 Å². The molecule has 0 heterocycles. The van der Waals surface area contributed by atoms with E-state index in [1.54, 1.807) is 25.2 Å². The minimum Gasteiger partial charge on any atom is -0.455 e. The fraction of sp³-hybridized carbons (Fsp3) is 0.188. The van der Waals surface area contributed by atoms with E-state index in [4.69, 9.17) is 10.5 Å². The van der Waals surface area contributed by atoms with Crippen LogP contribution in [0.2, 0.25) is 0 Å². The third kappa shape index (κ3) is 2.91. The molecule has 0 aliphatic heterocycles. The van der Waals surface area contributed by atoms with Gasteiger partial charge in [0.2, 0.25) is 0 Å². The minimum absolute atomic E-state index is 0.172. The Hall–Kier alpha value is -2.49. The van der Waals surface area contributed by atoms with Crippen LogP contribution < -0.4 is 15.8 Å². The molecule has 2 rings (SSSR count). The van der Waals surface area contributed by atoms with Crippen molar-refractivity contribution in [2.45, 2.75) is 13.8 Å². The molecular weight excluding hydrogens is 252 g/mol. The largest absolute Gasteiger partial charge is 0.455 e. The molecule has 0 radical (unpaired) electrons. The molecule has 3 N–H and O–H groups in total. The number of benzene rings is 2. The number of hydrogen-bond acceptors (Lipinski definition) is 3. The van der Waals surface area contributed by atoms with E-state index >= 15 is 0 Å². The van der Waals surface area contributed by atoms with Gasteiger partial charge in [0.1, 0.15) is 11.5 Å². The van der Waals surface area contributed by atoms with Crippen LogP contribution in [0.15, 0.2) is 36.4 Å². The Kier molecular flexibility index (Phi) is 3.94. The van der Waals surface area contributed by atoms with Crippen molar-refractivity contribution in [2.24, 2.45) is 0 Å². The summed E-state index contributed by atoms with van der Waals surface area (Å²) in [5, 5.41) is 2.56. The topological polar surface area (TPSA) is 64.3 Å². The number of aryl methyl sites for hydroxylation is 2. The second kappa shape index (κ2) is 5.65. The molecule has 4 heteroatoms. The Labute approximate surface area is 118 Å². The van der Waals surface area contributed by atoms with Gasteiger partial charge in [0.25, 0.3) is 5.91 Å². The van der Waals surface area contributed by atoms with E-state index in [0.717, 1.165) is 11.3 Å². The van der Waals surface area contributed by atoms with Crippen molar-refractivity contribution in [1.29, 1.82) is 0 Å². The summed E-state index contributed by atoms with van der Waals surface area (Å²) in [5.41, 5.74) is 9.10. The first kappa shape index (κ1) is 13.9. The van der Waals surface area contributed by atoms with Crippen LogP contribution in [0.25, 0.3) is 0 Å². The Morgan fingerprint density at radius 3 is 2.40 bits per heavy atom. The quantitative estimate of drug-likeness (QED) is 0.842. The maximum Gasteiger partial charge on any atom is 0.251 e. The Morgan fingerprint density at radius 2 is 1.80 bits per heavy atom. The SMILES string of the molecule is CNC(=O)c1ccc(Oc2ccc(C)cc2C)c(N)c1. The highest BCUT2D eigenvalue weighted by Crippen LogP contribution is 2.30. The average molecular weight is 270 g/mol. The summed E-state index contributed by atoms with van der Waals surface area (Å²) in [6.45, 7) is 4.01. The molecule has 0 unspecified atom stereocenters. The summed E-state index contributed by atoms with van der Waals surface area (Å²) in [4.78, 5) is 11.5. The van der Waals surface area contributed by atoms with Gasteiger partial charge in [-0.25, -0.2) is 0 Å². The molecule has 0 saturated carbocycles. The van der Waals surface area contributed by atoms with Crippen LogP contribution in [0, 0.1) is 13.8 Å². The number of ether oxygens (including phenoxy) is 1. The predicted octanol–water partition coefficient (Wildman–Crippen LogP) is 3.04. The van der Waals surface area contributed by atoms with Crippen molar-refractivity contribution < 1.29 is 9.53 Å². The van der Waals surface area contributed by atoms with Crippen LogP contribution in [0.5, 0.6) is 11.5 Å². The number of amides is 1. The molecule has 1 amide bonds. The van der Waals surface area contributed by atoms with Gasteiger partial charge in [-0.1, -0.05) is 17.7 Å². The molecule has 0 aromatic heterocycles.